The van der Waals surface area contributed by atoms with Crippen LogP contribution in [0.4, 0.5) is 11.4 Å². The number of anilines is 2. The molecule has 0 aliphatic heterocycles. The fourth-order valence-electron chi connectivity index (χ4n) is 1.32. The van der Waals surface area contributed by atoms with E-state index in [9.17, 15) is 4.79 Å². The van der Waals surface area contributed by atoms with Crippen LogP contribution in [-0.4, -0.2) is 5.91 Å². The maximum Gasteiger partial charge on any atom is 0.257 e. The minimum Gasteiger partial charge on any atom is -0.398 e. The highest BCUT2D eigenvalue weighted by atomic mass is 79.9. The molecule has 3 nitrogen and oxygen atoms in total. The second-order valence-electron chi connectivity index (χ2n) is 3.43. The van der Waals surface area contributed by atoms with E-state index in [1.807, 2.05) is 0 Å². The Kier molecular flexibility index (Phi) is 4.47. The highest BCUT2D eigenvalue weighted by molar-refractivity contribution is 9.12. The largest absolute Gasteiger partial charge is 0.398 e. The van der Waals surface area contributed by atoms with E-state index in [1.54, 1.807) is 24.3 Å². The molecule has 0 saturated carbocycles. The Labute approximate surface area is 133 Å². The topological polar surface area (TPSA) is 55.1 Å². The molecule has 1 aromatic carbocycles. The lowest BCUT2D eigenvalue weighted by Crippen LogP contribution is -2.11. The van der Waals surface area contributed by atoms with Crippen molar-refractivity contribution >= 4 is 76.4 Å². The molecule has 2 rings (SSSR count). The van der Waals surface area contributed by atoms with Gasteiger partial charge in [0.1, 0.15) is 0 Å². The van der Waals surface area contributed by atoms with E-state index in [0.29, 0.717) is 16.9 Å². The van der Waals surface area contributed by atoms with E-state index < -0.39 is 0 Å². The van der Waals surface area contributed by atoms with Crippen LogP contribution < -0.4 is 11.1 Å². The van der Waals surface area contributed by atoms with E-state index in [4.69, 9.17) is 5.73 Å². The van der Waals surface area contributed by atoms with Gasteiger partial charge in [0.2, 0.25) is 0 Å². The first-order valence-electron chi connectivity index (χ1n) is 4.78. The number of hydrogen-bond acceptors (Lipinski definition) is 3. The van der Waals surface area contributed by atoms with Crippen LogP contribution in [0.1, 0.15) is 10.4 Å². The zero-order chi connectivity index (χ0) is 13.3. The van der Waals surface area contributed by atoms with Gasteiger partial charge in [-0.15, -0.1) is 11.3 Å². The molecule has 0 atom stereocenters. The summed E-state index contributed by atoms with van der Waals surface area (Å²) in [5, 5.41) is 2.80. The van der Waals surface area contributed by atoms with Crippen molar-refractivity contribution < 1.29 is 4.79 Å². The number of carbonyl (C=O) groups is 1. The third kappa shape index (κ3) is 3.14. The smallest absolute Gasteiger partial charge is 0.257 e. The molecule has 0 saturated heterocycles. The van der Waals surface area contributed by atoms with Crippen molar-refractivity contribution in [3.63, 3.8) is 0 Å². The van der Waals surface area contributed by atoms with E-state index in [1.165, 1.54) is 11.3 Å². The molecule has 1 aromatic heterocycles. The van der Waals surface area contributed by atoms with Crippen LogP contribution in [0.3, 0.4) is 0 Å². The molecule has 0 radical (unpaired) electrons. The number of amides is 1. The zero-order valence-electron chi connectivity index (χ0n) is 8.84. The number of rotatable bonds is 2. The highest BCUT2D eigenvalue weighted by Gasteiger charge is 2.14. The Morgan fingerprint density at radius 2 is 1.94 bits per heavy atom. The second-order valence-corrected chi connectivity index (χ2v) is 8.03. The molecule has 94 valence electrons. The van der Waals surface area contributed by atoms with Gasteiger partial charge >= 0.3 is 0 Å². The lowest BCUT2D eigenvalue weighted by molar-refractivity contribution is 0.102. The van der Waals surface area contributed by atoms with Crippen LogP contribution >= 0.6 is 59.1 Å². The average molecular weight is 455 g/mol. The lowest BCUT2D eigenvalue weighted by Gasteiger charge is -2.06. The Bertz CT molecular complexity index is 612. The number of thiophene rings is 1. The molecule has 7 heteroatoms. The summed E-state index contributed by atoms with van der Waals surface area (Å²) < 4.78 is 2.49. The number of nitrogen functional groups attached to an aromatic ring is 1. The molecule has 1 heterocycles. The fourth-order valence-corrected chi connectivity index (χ4v) is 4.36. The Balaban J connectivity index is 2.21. The predicted molar refractivity (Wildman–Crippen MR) is 86.2 cm³/mol. The van der Waals surface area contributed by atoms with Gasteiger partial charge < -0.3 is 11.1 Å². The van der Waals surface area contributed by atoms with Gasteiger partial charge in [-0.25, -0.2) is 0 Å². The molecule has 0 fully saturated rings. The molecule has 0 unspecified atom stereocenters. The number of carbonyl (C=O) groups excluding carboxylic acids is 1. The molecule has 1 amide bonds. The average Bonchev–Trinajstić information content (AvgIpc) is 2.63. The summed E-state index contributed by atoms with van der Waals surface area (Å²) in [5.74, 6) is -0.175. The first kappa shape index (κ1) is 14.0. The standard InChI is InChI=1S/C11H7Br3N2OS/c12-7-2-1-5(3-8(7)15)16-11(17)6-4-9(13)18-10(6)14/h1-4H,15H2,(H,16,17). The van der Waals surface area contributed by atoms with Crippen molar-refractivity contribution in [2.24, 2.45) is 0 Å². The molecule has 18 heavy (non-hydrogen) atoms. The molecule has 0 bridgehead atoms. The first-order valence-corrected chi connectivity index (χ1v) is 7.98. The lowest BCUT2D eigenvalue weighted by atomic mass is 10.2. The molecule has 2 aromatic rings. The van der Waals surface area contributed by atoms with Crippen LogP contribution in [0, 0.1) is 0 Å². The summed E-state index contributed by atoms with van der Waals surface area (Å²) >= 11 is 11.5. The number of halogens is 3. The third-order valence-corrected chi connectivity index (χ3v) is 5.22. The van der Waals surface area contributed by atoms with Gasteiger partial charge in [-0.2, -0.15) is 0 Å². The second kappa shape index (κ2) is 5.73. The van der Waals surface area contributed by atoms with Crippen molar-refractivity contribution in [2.75, 3.05) is 11.1 Å². The molecular formula is C11H7Br3N2OS. The fraction of sp³-hybridized carbons (Fsp3) is 0. The van der Waals surface area contributed by atoms with Gasteiger partial charge in [0.05, 0.1) is 13.1 Å². The molecule has 0 aliphatic rings. The summed E-state index contributed by atoms with van der Waals surface area (Å²) in [6, 6.07) is 7.06. The Morgan fingerprint density at radius 1 is 1.22 bits per heavy atom. The zero-order valence-corrected chi connectivity index (χ0v) is 14.4. The van der Waals surface area contributed by atoms with Crippen molar-refractivity contribution in [3.8, 4) is 0 Å². The summed E-state index contributed by atoms with van der Waals surface area (Å²) in [6.07, 6.45) is 0. The van der Waals surface area contributed by atoms with E-state index in [0.717, 1.165) is 12.0 Å². The SMILES string of the molecule is Nc1cc(NC(=O)c2cc(Br)sc2Br)ccc1Br. The van der Waals surface area contributed by atoms with Crippen molar-refractivity contribution in [1.29, 1.82) is 0 Å². The first-order chi connectivity index (χ1) is 8.47. The molecule has 0 spiro atoms. The summed E-state index contributed by atoms with van der Waals surface area (Å²) in [7, 11) is 0. The maximum atomic E-state index is 12.0. The minimum absolute atomic E-state index is 0.175. The highest BCUT2D eigenvalue weighted by Crippen LogP contribution is 2.32. The summed E-state index contributed by atoms with van der Waals surface area (Å²) in [6.45, 7) is 0. The van der Waals surface area contributed by atoms with Crippen molar-refractivity contribution in [3.05, 3.63) is 41.9 Å². The number of nitrogens with two attached hydrogens (primary N) is 1. The number of benzene rings is 1. The quantitative estimate of drug-likeness (QED) is 0.636. The number of nitrogens with one attached hydrogen (secondary N) is 1. The molecular weight excluding hydrogens is 448 g/mol. The summed E-state index contributed by atoms with van der Waals surface area (Å²) in [5.41, 5.74) is 7.59. The Hall–Kier alpha value is -0.370. The molecule has 3 N–H and O–H groups in total. The van der Waals surface area contributed by atoms with Gasteiger partial charge in [0, 0.05) is 15.8 Å². The predicted octanol–water partition coefficient (Wildman–Crippen LogP) is 4.87. The van der Waals surface area contributed by atoms with E-state index in [-0.39, 0.29) is 5.91 Å². The van der Waals surface area contributed by atoms with Crippen LogP contribution in [0.5, 0.6) is 0 Å². The minimum atomic E-state index is -0.175. The van der Waals surface area contributed by atoms with Gasteiger partial charge in [0.25, 0.3) is 5.91 Å². The van der Waals surface area contributed by atoms with Crippen LogP contribution in [0.15, 0.2) is 36.3 Å². The third-order valence-electron chi connectivity index (χ3n) is 2.16. The maximum absolute atomic E-state index is 12.0. The van der Waals surface area contributed by atoms with E-state index >= 15 is 0 Å². The van der Waals surface area contributed by atoms with Gasteiger partial charge in [0.15, 0.2) is 0 Å². The van der Waals surface area contributed by atoms with Crippen LogP contribution in [0.2, 0.25) is 0 Å². The number of hydrogen-bond donors (Lipinski definition) is 2. The van der Waals surface area contributed by atoms with Crippen LogP contribution in [-0.2, 0) is 0 Å². The Morgan fingerprint density at radius 3 is 2.50 bits per heavy atom. The molecule has 0 aliphatic carbocycles. The van der Waals surface area contributed by atoms with E-state index in [2.05, 4.69) is 53.1 Å². The normalized spacial score (nSPS) is 10.4. The van der Waals surface area contributed by atoms with Gasteiger partial charge in [-0.05, 0) is 72.1 Å². The van der Waals surface area contributed by atoms with Crippen molar-refractivity contribution in [1.82, 2.24) is 0 Å². The van der Waals surface area contributed by atoms with Crippen molar-refractivity contribution in [2.45, 2.75) is 0 Å². The summed E-state index contributed by atoms with van der Waals surface area (Å²) in [4.78, 5) is 12.0. The van der Waals surface area contributed by atoms with Gasteiger partial charge in [-0.1, -0.05) is 0 Å². The van der Waals surface area contributed by atoms with Crippen LogP contribution in [0.25, 0.3) is 0 Å². The monoisotopic (exact) mass is 452 g/mol. The van der Waals surface area contributed by atoms with Gasteiger partial charge in [-0.3, -0.25) is 4.79 Å².